The van der Waals surface area contributed by atoms with Crippen molar-refractivity contribution in [1.82, 2.24) is 4.58 Å². The molecule has 0 saturated heterocycles. The van der Waals surface area contributed by atoms with Crippen LogP contribution in [0.3, 0.4) is 0 Å². The zero-order valence-corrected chi connectivity index (χ0v) is 27.2. The molecule has 2 aromatic rings. The molecule has 5 rings (SSSR count). The molecule has 0 radical (unpaired) electrons. The maximum Gasteiger partial charge on any atom is 0.203 e. The van der Waals surface area contributed by atoms with E-state index in [0.717, 1.165) is 55.9 Å². The molecular weight excluding hydrogens is 582 g/mol. The van der Waals surface area contributed by atoms with Crippen molar-refractivity contribution in [3.8, 4) is 28.2 Å². The fourth-order valence-electron chi connectivity index (χ4n) is 5.26. The number of fused-ring (bicyclic) bond motifs is 3. The van der Waals surface area contributed by atoms with Gasteiger partial charge in [0.05, 0.1) is 58.0 Å². The smallest absolute Gasteiger partial charge is 0.203 e. The van der Waals surface area contributed by atoms with Crippen LogP contribution >= 0.6 is 0 Å². The molecule has 44 heavy (non-hydrogen) atoms. The number of hydrogen-bond donors (Lipinski definition) is 0. The molecule has 238 valence electrons. The SMILES string of the molecule is COCCN1CCOCCOCCOCCOc2cc(-c3c4ccc(=[N+](C)C)cc-4oc4cc(N(C)C)ccc34)ccc21.[Cl-]. The van der Waals surface area contributed by atoms with Gasteiger partial charge in [0.2, 0.25) is 5.36 Å². The predicted molar refractivity (Wildman–Crippen MR) is 172 cm³/mol. The second-order valence-electron chi connectivity index (χ2n) is 11.0. The van der Waals surface area contributed by atoms with Crippen LogP contribution in [0.1, 0.15) is 0 Å². The summed E-state index contributed by atoms with van der Waals surface area (Å²) < 4.78 is 37.7. The Balaban J connectivity index is 0.00000442. The maximum atomic E-state index is 6.54. The van der Waals surface area contributed by atoms with Crippen LogP contribution in [-0.4, -0.2) is 101 Å². The number of ether oxygens (including phenoxy) is 5. The number of anilines is 2. The molecule has 0 spiro atoms. The Morgan fingerprint density at radius 3 is 2.27 bits per heavy atom. The Bertz CT molecular complexity index is 1550. The van der Waals surface area contributed by atoms with Crippen molar-refractivity contribution in [3.05, 3.63) is 60.0 Å². The zero-order chi connectivity index (χ0) is 30.2. The van der Waals surface area contributed by atoms with Crippen molar-refractivity contribution in [1.29, 1.82) is 0 Å². The Kier molecular flexibility index (Phi) is 12.3. The molecule has 1 aliphatic carbocycles. The summed E-state index contributed by atoms with van der Waals surface area (Å²) >= 11 is 0. The fourth-order valence-corrected chi connectivity index (χ4v) is 5.26. The minimum atomic E-state index is 0. The quantitative estimate of drug-likeness (QED) is 0.242. The van der Waals surface area contributed by atoms with Gasteiger partial charge in [0.1, 0.15) is 37.8 Å². The lowest BCUT2D eigenvalue weighted by molar-refractivity contribution is -0.0000111. The summed E-state index contributed by atoms with van der Waals surface area (Å²) in [6.45, 7) is 5.62. The van der Waals surface area contributed by atoms with Crippen molar-refractivity contribution >= 4 is 22.3 Å². The third kappa shape index (κ3) is 8.02. The molecule has 3 aliphatic rings. The first-order valence-electron chi connectivity index (χ1n) is 14.9. The van der Waals surface area contributed by atoms with Gasteiger partial charge in [-0.25, -0.2) is 4.58 Å². The maximum absolute atomic E-state index is 6.54. The van der Waals surface area contributed by atoms with Crippen LogP contribution in [0.2, 0.25) is 0 Å². The van der Waals surface area contributed by atoms with Crippen LogP contribution in [0.4, 0.5) is 11.4 Å². The molecule has 0 bridgehead atoms. The molecular formula is C34H44ClN3O6. The highest BCUT2D eigenvalue weighted by molar-refractivity contribution is 6.03. The van der Waals surface area contributed by atoms with Gasteiger partial charge in [-0.2, -0.15) is 0 Å². The monoisotopic (exact) mass is 625 g/mol. The number of halogens is 1. The Morgan fingerprint density at radius 2 is 1.57 bits per heavy atom. The van der Waals surface area contributed by atoms with Crippen LogP contribution in [-0.2, 0) is 18.9 Å². The molecule has 2 aliphatic heterocycles. The zero-order valence-electron chi connectivity index (χ0n) is 26.4. The Labute approximate surface area is 266 Å². The Morgan fingerprint density at radius 1 is 0.841 bits per heavy atom. The van der Waals surface area contributed by atoms with Crippen molar-refractivity contribution in [2.45, 2.75) is 0 Å². The molecule has 0 atom stereocenters. The summed E-state index contributed by atoms with van der Waals surface area (Å²) in [7, 11) is 9.88. The van der Waals surface area contributed by atoms with Gasteiger partial charge in [-0.05, 0) is 35.9 Å². The fraction of sp³-hybridized carbons (Fsp3) is 0.441. The van der Waals surface area contributed by atoms with E-state index in [2.05, 4.69) is 69.0 Å². The number of benzene rings is 3. The van der Waals surface area contributed by atoms with Gasteiger partial charge >= 0.3 is 0 Å². The predicted octanol–water partition coefficient (Wildman–Crippen LogP) is 1.20. The summed E-state index contributed by atoms with van der Waals surface area (Å²) in [6, 6.07) is 19.2. The van der Waals surface area contributed by atoms with Gasteiger partial charge in [0, 0.05) is 68.6 Å². The van der Waals surface area contributed by atoms with Gasteiger partial charge in [-0.15, -0.1) is 0 Å². The molecule has 0 amide bonds. The van der Waals surface area contributed by atoms with Crippen molar-refractivity contribution in [2.24, 2.45) is 0 Å². The highest BCUT2D eigenvalue weighted by Crippen LogP contribution is 2.43. The minimum Gasteiger partial charge on any atom is -1.00 e. The summed E-state index contributed by atoms with van der Waals surface area (Å²) in [5, 5.41) is 2.12. The van der Waals surface area contributed by atoms with Crippen molar-refractivity contribution in [3.63, 3.8) is 0 Å². The highest BCUT2D eigenvalue weighted by Gasteiger charge is 2.21. The first-order valence-corrected chi connectivity index (χ1v) is 14.9. The lowest BCUT2D eigenvalue weighted by atomic mass is 9.93. The van der Waals surface area contributed by atoms with E-state index in [4.69, 9.17) is 28.1 Å². The van der Waals surface area contributed by atoms with E-state index in [1.807, 2.05) is 28.2 Å². The number of nitrogens with zero attached hydrogens (tertiary/aromatic N) is 3. The standard InChI is InChI=1S/C34H44N3O6.ClH/c1-35(2)26-7-9-28-31(23-26)43-32-24-27(36(3)4)8-10-29(32)34(28)25-6-11-30-33(22-25)42-21-20-41-19-18-40-17-16-39-15-13-37(30)12-14-38-5;/h6-11,22-24H,12-21H2,1-5H3;1H/q+1;/p-1. The highest BCUT2D eigenvalue weighted by atomic mass is 35.5. The van der Waals surface area contributed by atoms with Gasteiger partial charge in [0.15, 0.2) is 0 Å². The molecule has 2 aromatic carbocycles. The molecule has 0 N–H and O–H groups in total. The Hall–Kier alpha value is -3.34. The van der Waals surface area contributed by atoms with E-state index in [-0.39, 0.29) is 12.4 Å². The second-order valence-corrected chi connectivity index (χ2v) is 11.0. The van der Waals surface area contributed by atoms with Crippen LogP contribution in [0.5, 0.6) is 5.75 Å². The van der Waals surface area contributed by atoms with Crippen LogP contribution in [0, 0.1) is 0 Å². The number of methoxy groups -OCH3 is 1. The van der Waals surface area contributed by atoms with E-state index in [0.29, 0.717) is 65.9 Å². The first-order chi connectivity index (χ1) is 21.0. The van der Waals surface area contributed by atoms with Gasteiger partial charge < -0.3 is 50.3 Å². The molecule has 9 nitrogen and oxygen atoms in total. The molecule has 0 fully saturated rings. The largest absolute Gasteiger partial charge is 1.00 e. The number of hydrogen-bond acceptors (Lipinski definition) is 8. The average Bonchev–Trinajstić information content (AvgIpc) is 3.01. The number of rotatable bonds is 5. The van der Waals surface area contributed by atoms with Crippen LogP contribution < -0.4 is 36.9 Å². The topological polar surface area (TPSA) is 68.8 Å². The molecule has 10 heteroatoms. The van der Waals surface area contributed by atoms with Crippen LogP contribution in [0.25, 0.3) is 33.4 Å². The lowest BCUT2D eigenvalue weighted by Gasteiger charge is -2.27. The van der Waals surface area contributed by atoms with E-state index in [9.17, 15) is 0 Å². The first kappa shape index (κ1) is 33.6. The summed E-state index contributed by atoms with van der Waals surface area (Å²) in [5.41, 5.74) is 6.10. The van der Waals surface area contributed by atoms with Gasteiger partial charge in [0.25, 0.3) is 0 Å². The van der Waals surface area contributed by atoms with Gasteiger partial charge in [-0.3, -0.25) is 0 Å². The molecule has 0 saturated carbocycles. The van der Waals surface area contributed by atoms with E-state index in [1.54, 1.807) is 7.11 Å². The molecule has 0 unspecified atom stereocenters. The van der Waals surface area contributed by atoms with Crippen molar-refractivity contribution < 1.29 is 40.5 Å². The van der Waals surface area contributed by atoms with Crippen LogP contribution in [0.15, 0.2) is 59.0 Å². The lowest BCUT2D eigenvalue weighted by Crippen LogP contribution is -3.00. The van der Waals surface area contributed by atoms with E-state index in [1.165, 1.54) is 0 Å². The van der Waals surface area contributed by atoms with E-state index >= 15 is 0 Å². The van der Waals surface area contributed by atoms with Crippen molar-refractivity contribution in [2.75, 3.05) is 111 Å². The summed E-state index contributed by atoms with van der Waals surface area (Å²) in [4.78, 5) is 4.34. The summed E-state index contributed by atoms with van der Waals surface area (Å²) in [5.74, 6) is 1.62. The minimum absolute atomic E-state index is 0. The molecule has 2 heterocycles. The normalized spacial score (nSPS) is 15.1. The van der Waals surface area contributed by atoms with Gasteiger partial charge in [-0.1, -0.05) is 6.07 Å². The second kappa shape index (κ2) is 16.1. The average molecular weight is 626 g/mol. The molecule has 0 aromatic heterocycles. The third-order valence-electron chi connectivity index (χ3n) is 7.61. The van der Waals surface area contributed by atoms with E-state index < -0.39 is 0 Å². The third-order valence-corrected chi connectivity index (χ3v) is 7.61. The summed E-state index contributed by atoms with van der Waals surface area (Å²) in [6.07, 6.45) is 0.